The summed E-state index contributed by atoms with van der Waals surface area (Å²) in [7, 11) is 0. The van der Waals surface area contributed by atoms with E-state index in [1.807, 2.05) is 11.4 Å². The Kier molecular flexibility index (Phi) is 4.15. The summed E-state index contributed by atoms with van der Waals surface area (Å²) >= 11 is 1.65. The highest BCUT2D eigenvalue weighted by molar-refractivity contribution is 7.07. The standard InChI is InChI=1S/C13H17N3OS/c1-10(2)8-16-5-4-14-12(13(16)17)15-7-11-3-6-18-9-11/h3-6,9-10H,7-8H2,1-2H3,(H,14,15). The molecule has 0 aromatic carbocycles. The first kappa shape index (κ1) is 12.8. The van der Waals surface area contributed by atoms with E-state index in [1.165, 1.54) is 5.56 Å². The SMILES string of the molecule is CC(C)Cn1ccnc(NCc2ccsc2)c1=O. The quantitative estimate of drug-likeness (QED) is 0.902. The third-order valence-electron chi connectivity index (χ3n) is 2.52. The van der Waals surface area contributed by atoms with Crippen molar-refractivity contribution < 1.29 is 0 Å². The molecule has 0 unspecified atom stereocenters. The van der Waals surface area contributed by atoms with Gasteiger partial charge in [0.05, 0.1) is 0 Å². The molecule has 0 saturated carbocycles. The van der Waals surface area contributed by atoms with Gasteiger partial charge in [-0.25, -0.2) is 4.98 Å². The van der Waals surface area contributed by atoms with Gasteiger partial charge >= 0.3 is 0 Å². The highest BCUT2D eigenvalue weighted by Crippen LogP contribution is 2.07. The molecule has 0 bridgehead atoms. The lowest BCUT2D eigenvalue weighted by Gasteiger charge is -2.10. The van der Waals surface area contributed by atoms with Crippen molar-refractivity contribution in [3.8, 4) is 0 Å². The first-order chi connectivity index (χ1) is 8.66. The molecule has 0 atom stereocenters. The van der Waals surface area contributed by atoms with E-state index in [0.29, 0.717) is 24.8 Å². The average Bonchev–Trinajstić information content (AvgIpc) is 2.83. The zero-order chi connectivity index (χ0) is 13.0. The number of aromatic nitrogens is 2. The van der Waals surface area contributed by atoms with Crippen LogP contribution in [0.15, 0.2) is 34.0 Å². The molecule has 2 heterocycles. The minimum atomic E-state index is -0.0542. The van der Waals surface area contributed by atoms with Gasteiger partial charge in [-0.1, -0.05) is 13.8 Å². The zero-order valence-corrected chi connectivity index (χ0v) is 11.4. The van der Waals surface area contributed by atoms with Gasteiger partial charge in [0, 0.05) is 25.5 Å². The van der Waals surface area contributed by atoms with E-state index in [0.717, 1.165) is 0 Å². The second-order valence-corrected chi connectivity index (χ2v) is 5.39. The third-order valence-corrected chi connectivity index (χ3v) is 3.25. The number of nitrogens with zero attached hydrogens (tertiary/aromatic N) is 2. The first-order valence-electron chi connectivity index (χ1n) is 5.97. The molecule has 0 fully saturated rings. The number of hydrogen-bond donors (Lipinski definition) is 1. The van der Waals surface area contributed by atoms with E-state index in [2.05, 4.69) is 29.5 Å². The van der Waals surface area contributed by atoms with Crippen molar-refractivity contribution in [2.24, 2.45) is 5.92 Å². The van der Waals surface area contributed by atoms with E-state index in [9.17, 15) is 4.79 Å². The number of anilines is 1. The highest BCUT2D eigenvalue weighted by atomic mass is 32.1. The summed E-state index contributed by atoms with van der Waals surface area (Å²) in [4.78, 5) is 16.2. The largest absolute Gasteiger partial charge is 0.361 e. The molecule has 96 valence electrons. The Morgan fingerprint density at radius 2 is 2.33 bits per heavy atom. The molecule has 0 aliphatic heterocycles. The van der Waals surface area contributed by atoms with Gasteiger partial charge in [-0.05, 0) is 28.3 Å². The average molecular weight is 263 g/mol. The zero-order valence-electron chi connectivity index (χ0n) is 10.6. The van der Waals surface area contributed by atoms with Crippen LogP contribution in [0.4, 0.5) is 5.82 Å². The normalized spacial score (nSPS) is 10.8. The molecule has 1 N–H and O–H groups in total. The van der Waals surface area contributed by atoms with Crippen LogP contribution in [0.2, 0.25) is 0 Å². The fraction of sp³-hybridized carbons (Fsp3) is 0.385. The Labute approximate surface area is 110 Å². The third kappa shape index (κ3) is 3.20. The van der Waals surface area contributed by atoms with Gasteiger partial charge in [0.2, 0.25) is 0 Å². The lowest BCUT2D eigenvalue weighted by atomic mass is 10.2. The maximum absolute atomic E-state index is 12.1. The lowest BCUT2D eigenvalue weighted by molar-refractivity contribution is 0.509. The van der Waals surface area contributed by atoms with E-state index < -0.39 is 0 Å². The van der Waals surface area contributed by atoms with E-state index in [1.54, 1.807) is 28.3 Å². The van der Waals surface area contributed by atoms with Gasteiger partial charge in [-0.15, -0.1) is 0 Å². The van der Waals surface area contributed by atoms with Crippen LogP contribution < -0.4 is 10.9 Å². The van der Waals surface area contributed by atoms with Crippen molar-refractivity contribution in [2.45, 2.75) is 26.9 Å². The van der Waals surface area contributed by atoms with Crippen molar-refractivity contribution in [1.29, 1.82) is 0 Å². The summed E-state index contributed by atoms with van der Waals surface area (Å²) in [5, 5.41) is 7.17. The predicted octanol–water partition coefficient (Wildman–Crippen LogP) is 2.57. The highest BCUT2D eigenvalue weighted by Gasteiger charge is 2.05. The second kappa shape index (κ2) is 5.82. The fourth-order valence-corrected chi connectivity index (χ4v) is 2.35. The van der Waals surface area contributed by atoms with Crippen LogP contribution in [0.3, 0.4) is 0 Å². The van der Waals surface area contributed by atoms with Gasteiger partial charge in [0.25, 0.3) is 5.56 Å². The van der Waals surface area contributed by atoms with Crippen LogP contribution in [0.5, 0.6) is 0 Å². The molecule has 18 heavy (non-hydrogen) atoms. The Bertz CT molecular complexity index is 546. The van der Waals surface area contributed by atoms with Crippen LogP contribution in [0, 0.1) is 5.92 Å². The Morgan fingerprint density at radius 1 is 1.50 bits per heavy atom. The minimum Gasteiger partial charge on any atom is -0.361 e. The van der Waals surface area contributed by atoms with Crippen LogP contribution in [0.25, 0.3) is 0 Å². The summed E-state index contributed by atoms with van der Waals surface area (Å²) in [6.45, 7) is 5.53. The fourth-order valence-electron chi connectivity index (χ4n) is 1.68. The van der Waals surface area contributed by atoms with Gasteiger partial charge in [-0.3, -0.25) is 4.79 Å². The van der Waals surface area contributed by atoms with Crippen LogP contribution in [0.1, 0.15) is 19.4 Å². The van der Waals surface area contributed by atoms with E-state index in [-0.39, 0.29) is 5.56 Å². The monoisotopic (exact) mass is 263 g/mol. The van der Waals surface area contributed by atoms with Gasteiger partial charge in [0.1, 0.15) is 0 Å². The Morgan fingerprint density at radius 3 is 3.00 bits per heavy atom. The second-order valence-electron chi connectivity index (χ2n) is 4.61. The minimum absolute atomic E-state index is 0.0542. The Hall–Kier alpha value is -1.62. The molecule has 5 heteroatoms. The van der Waals surface area contributed by atoms with Gasteiger partial charge in [-0.2, -0.15) is 11.3 Å². The molecule has 4 nitrogen and oxygen atoms in total. The number of hydrogen-bond acceptors (Lipinski definition) is 4. The summed E-state index contributed by atoms with van der Waals surface area (Å²) < 4.78 is 1.70. The molecule has 0 radical (unpaired) electrons. The van der Waals surface area contributed by atoms with Gasteiger partial charge in [0.15, 0.2) is 5.82 Å². The summed E-state index contributed by atoms with van der Waals surface area (Å²) in [6, 6.07) is 2.03. The molecule has 0 saturated heterocycles. The lowest BCUT2D eigenvalue weighted by Crippen LogP contribution is -2.25. The van der Waals surface area contributed by atoms with Crippen molar-refractivity contribution in [1.82, 2.24) is 9.55 Å². The Balaban J connectivity index is 2.11. The molecule has 0 amide bonds. The molecule has 2 aromatic heterocycles. The van der Waals surface area contributed by atoms with Gasteiger partial charge < -0.3 is 9.88 Å². The van der Waals surface area contributed by atoms with Crippen LogP contribution >= 0.6 is 11.3 Å². The van der Waals surface area contributed by atoms with E-state index >= 15 is 0 Å². The summed E-state index contributed by atoms with van der Waals surface area (Å²) in [6.07, 6.45) is 3.40. The molecule has 2 aromatic rings. The number of thiophene rings is 1. The number of rotatable bonds is 5. The maximum Gasteiger partial charge on any atom is 0.293 e. The van der Waals surface area contributed by atoms with Crippen molar-refractivity contribution >= 4 is 17.2 Å². The predicted molar refractivity (Wildman–Crippen MR) is 75.0 cm³/mol. The van der Waals surface area contributed by atoms with E-state index in [4.69, 9.17) is 0 Å². The maximum atomic E-state index is 12.1. The number of nitrogens with one attached hydrogen (secondary N) is 1. The summed E-state index contributed by atoms with van der Waals surface area (Å²) in [5.41, 5.74) is 1.11. The molecule has 0 aliphatic carbocycles. The molecule has 0 aliphatic rings. The summed E-state index contributed by atoms with van der Waals surface area (Å²) in [5.74, 6) is 0.860. The van der Waals surface area contributed by atoms with Crippen molar-refractivity contribution in [3.05, 3.63) is 45.1 Å². The topological polar surface area (TPSA) is 46.9 Å². The molecule has 0 spiro atoms. The van der Waals surface area contributed by atoms with Crippen molar-refractivity contribution in [2.75, 3.05) is 5.32 Å². The van der Waals surface area contributed by atoms with Crippen LogP contribution in [-0.4, -0.2) is 9.55 Å². The van der Waals surface area contributed by atoms with Crippen molar-refractivity contribution in [3.63, 3.8) is 0 Å². The molecule has 2 rings (SSSR count). The molecular formula is C13H17N3OS. The van der Waals surface area contributed by atoms with Crippen LogP contribution in [-0.2, 0) is 13.1 Å². The first-order valence-corrected chi connectivity index (χ1v) is 6.91. The molecular weight excluding hydrogens is 246 g/mol. The smallest absolute Gasteiger partial charge is 0.293 e.